The number of H-pyrrole nitrogens is 1. The summed E-state index contributed by atoms with van der Waals surface area (Å²) in [5, 5.41) is 14.2. The number of nitrogens with one attached hydrogen (secondary N) is 1. The summed E-state index contributed by atoms with van der Waals surface area (Å²) in [6.07, 6.45) is 6.04. The zero-order valence-corrected chi connectivity index (χ0v) is 21.9. The number of unbranched alkanes of at least 4 members (excludes halogenated alkanes) is 1. The first-order valence-electron chi connectivity index (χ1n) is 13.0. The smallest absolute Gasteiger partial charge is 0.439 e. The number of aliphatic hydroxyl groups is 1. The number of ether oxygens (including phenoxy) is 1. The first-order valence-corrected chi connectivity index (χ1v) is 13.0. The Balaban J connectivity index is 1.46. The van der Waals surface area contributed by atoms with Crippen molar-refractivity contribution in [3.63, 3.8) is 0 Å². The van der Waals surface area contributed by atoms with E-state index in [0.29, 0.717) is 41.9 Å². The highest BCUT2D eigenvalue weighted by atomic mass is 16.5. The van der Waals surface area contributed by atoms with E-state index in [1.54, 1.807) is 12.4 Å². The van der Waals surface area contributed by atoms with Crippen molar-refractivity contribution in [1.82, 2.24) is 29.7 Å². The topological polar surface area (TPSA) is 132 Å². The lowest BCUT2D eigenvalue weighted by Crippen LogP contribution is -2.09. The maximum Gasteiger partial charge on any atom is 0.439 e. The number of aromatic amines is 1. The van der Waals surface area contributed by atoms with Crippen molar-refractivity contribution in [2.24, 2.45) is 0 Å². The fourth-order valence-corrected chi connectivity index (χ4v) is 4.53. The monoisotopic (exact) mass is 526 g/mol. The summed E-state index contributed by atoms with van der Waals surface area (Å²) in [7, 11) is 0. The molecule has 5 rings (SSSR count). The zero-order valence-electron chi connectivity index (χ0n) is 21.9. The third kappa shape index (κ3) is 5.65. The van der Waals surface area contributed by atoms with Crippen LogP contribution >= 0.6 is 0 Å². The van der Waals surface area contributed by atoms with Crippen LogP contribution in [-0.2, 0) is 19.6 Å². The normalized spacial score (nSPS) is 11.2. The summed E-state index contributed by atoms with van der Waals surface area (Å²) < 4.78 is 12.2. The summed E-state index contributed by atoms with van der Waals surface area (Å²) in [4.78, 5) is 27.9. The Morgan fingerprint density at radius 2 is 1.77 bits per heavy atom. The molecule has 2 N–H and O–H groups in total. The van der Waals surface area contributed by atoms with Crippen molar-refractivity contribution in [3.8, 4) is 39.8 Å². The van der Waals surface area contributed by atoms with Crippen molar-refractivity contribution < 1.29 is 14.4 Å². The summed E-state index contributed by atoms with van der Waals surface area (Å²) in [5.41, 5.74) is 4.98. The number of aliphatic hydroxyl groups excluding tert-OH is 1. The fourth-order valence-electron chi connectivity index (χ4n) is 4.53. The van der Waals surface area contributed by atoms with E-state index in [4.69, 9.17) is 14.2 Å². The van der Waals surface area contributed by atoms with Crippen LogP contribution in [0.1, 0.15) is 43.8 Å². The lowest BCUT2D eigenvalue weighted by molar-refractivity contribution is 0.271. The zero-order chi connectivity index (χ0) is 27.2. The Hall–Kier alpha value is -4.57. The number of nitrogens with zero attached hydrogens (tertiary/aromatic N) is 5. The first kappa shape index (κ1) is 26.1. The number of hydrogen-bond acceptors (Lipinski definition) is 8. The second kappa shape index (κ2) is 11.9. The first-order chi connectivity index (χ1) is 19.1. The van der Waals surface area contributed by atoms with Crippen LogP contribution in [0.5, 0.6) is 5.75 Å². The maximum atomic E-state index is 11.5. The van der Waals surface area contributed by atoms with Crippen LogP contribution in [0.2, 0.25) is 0 Å². The van der Waals surface area contributed by atoms with Gasteiger partial charge in [0.05, 0.1) is 31.3 Å². The molecular formula is C29H30N6O4. The standard InChI is InChI=1S/C29H30N6O4/c1-3-5-10-25-32-26(28-30-15-21(16-31-28)38-4-2)24(18-36)35(25)17-19-11-13-20(14-12-19)22-8-6-7-9-23(22)27-33-29(37)39-34-27/h6-9,11-16,36H,3-5,10,17-18H2,1-2H3,(H,33,34,37). The number of imidazole rings is 1. The van der Waals surface area contributed by atoms with E-state index < -0.39 is 5.76 Å². The predicted molar refractivity (Wildman–Crippen MR) is 146 cm³/mol. The van der Waals surface area contributed by atoms with Crippen molar-refractivity contribution in [3.05, 3.63) is 88.6 Å². The Bertz CT molecular complexity index is 1590. The SMILES string of the molecule is CCCCc1nc(-c2ncc(OCC)cn2)c(CO)n1Cc1ccc(-c2ccccc2-c2noc(=O)[nH]2)cc1. The average molecular weight is 527 g/mol. The van der Waals surface area contributed by atoms with Crippen LogP contribution in [0.25, 0.3) is 34.0 Å². The van der Waals surface area contributed by atoms with Gasteiger partial charge in [-0.15, -0.1) is 0 Å². The van der Waals surface area contributed by atoms with Crippen molar-refractivity contribution in [2.75, 3.05) is 6.61 Å². The van der Waals surface area contributed by atoms with Crippen LogP contribution in [-0.4, -0.2) is 41.4 Å². The van der Waals surface area contributed by atoms with Gasteiger partial charge < -0.3 is 14.4 Å². The van der Waals surface area contributed by atoms with Gasteiger partial charge in [0.1, 0.15) is 11.5 Å². The highest BCUT2D eigenvalue weighted by Gasteiger charge is 2.20. The molecular weight excluding hydrogens is 496 g/mol. The molecule has 0 amide bonds. The molecule has 0 saturated carbocycles. The molecule has 0 spiro atoms. The number of rotatable bonds is 11. The van der Waals surface area contributed by atoms with Gasteiger partial charge in [0, 0.05) is 18.5 Å². The van der Waals surface area contributed by atoms with E-state index >= 15 is 0 Å². The summed E-state index contributed by atoms with van der Waals surface area (Å²) >= 11 is 0. The molecule has 5 aromatic rings. The van der Waals surface area contributed by atoms with Crippen LogP contribution in [0.3, 0.4) is 0 Å². The summed E-state index contributed by atoms with van der Waals surface area (Å²) in [5.74, 6) is 1.72. The molecule has 10 nitrogen and oxygen atoms in total. The summed E-state index contributed by atoms with van der Waals surface area (Å²) in [6.45, 7) is 4.93. The second-order valence-electron chi connectivity index (χ2n) is 9.03. The number of aryl methyl sites for hydroxylation is 1. The molecule has 0 atom stereocenters. The molecule has 0 aliphatic carbocycles. The minimum absolute atomic E-state index is 0.188. The molecule has 0 bridgehead atoms. The molecule has 0 unspecified atom stereocenters. The second-order valence-corrected chi connectivity index (χ2v) is 9.03. The van der Waals surface area contributed by atoms with Gasteiger partial charge in [0.15, 0.2) is 17.4 Å². The summed E-state index contributed by atoms with van der Waals surface area (Å²) in [6, 6.07) is 15.9. The quantitative estimate of drug-likeness (QED) is 0.255. The number of aromatic nitrogens is 6. The average Bonchev–Trinajstić information content (AvgIpc) is 3.56. The minimum Gasteiger partial charge on any atom is -0.491 e. The molecule has 3 aromatic heterocycles. The minimum atomic E-state index is -0.593. The van der Waals surface area contributed by atoms with Crippen LogP contribution in [0.15, 0.2) is 70.2 Å². The number of hydrogen-bond donors (Lipinski definition) is 2. The van der Waals surface area contributed by atoms with Crippen molar-refractivity contribution in [2.45, 2.75) is 46.3 Å². The molecule has 2 aromatic carbocycles. The van der Waals surface area contributed by atoms with E-state index in [-0.39, 0.29) is 6.61 Å². The van der Waals surface area contributed by atoms with Crippen LogP contribution in [0.4, 0.5) is 0 Å². The number of benzene rings is 2. The molecule has 0 saturated heterocycles. The Morgan fingerprint density at radius 3 is 2.41 bits per heavy atom. The van der Waals surface area contributed by atoms with E-state index in [2.05, 4.69) is 43.7 Å². The Kier molecular flexibility index (Phi) is 7.93. The van der Waals surface area contributed by atoms with Crippen molar-refractivity contribution >= 4 is 0 Å². The van der Waals surface area contributed by atoms with Gasteiger partial charge in [-0.3, -0.25) is 9.51 Å². The van der Waals surface area contributed by atoms with Gasteiger partial charge in [-0.25, -0.2) is 19.7 Å². The van der Waals surface area contributed by atoms with Gasteiger partial charge in [-0.05, 0) is 30.0 Å². The van der Waals surface area contributed by atoms with Gasteiger partial charge >= 0.3 is 5.76 Å². The lowest BCUT2D eigenvalue weighted by atomic mass is 9.98. The van der Waals surface area contributed by atoms with E-state index in [1.807, 2.05) is 43.3 Å². The molecule has 0 aliphatic heterocycles. The molecule has 200 valence electrons. The largest absolute Gasteiger partial charge is 0.491 e. The van der Waals surface area contributed by atoms with Crippen LogP contribution < -0.4 is 10.5 Å². The Morgan fingerprint density at radius 1 is 1.03 bits per heavy atom. The molecule has 10 heteroatoms. The maximum absolute atomic E-state index is 11.5. The van der Waals surface area contributed by atoms with Gasteiger partial charge in [0.2, 0.25) is 0 Å². The molecule has 0 radical (unpaired) electrons. The van der Waals surface area contributed by atoms with Gasteiger partial charge in [-0.2, -0.15) is 0 Å². The molecule has 39 heavy (non-hydrogen) atoms. The van der Waals surface area contributed by atoms with Crippen molar-refractivity contribution in [1.29, 1.82) is 0 Å². The van der Waals surface area contributed by atoms with E-state index in [9.17, 15) is 9.90 Å². The fraction of sp³-hybridized carbons (Fsp3) is 0.276. The molecule has 3 heterocycles. The van der Waals surface area contributed by atoms with Gasteiger partial charge in [0.25, 0.3) is 0 Å². The van der Waals surface area contributed by atoms with Crippen LogP contribution in [0, 0.1) is 0 Å². The highest BCUT2D eigenvalue weighted by Crippen LogP contribution is 2.30. The lowest BCUT2D eigenvalue weighted by Gasteiger charge is -2.13. The third-order valence-corrected chi connectivity index (χ3v) is 6.43. The molecule has 0 fully saturated rings. The predicted octanol–water partition coefficient (Wildman–Crippen LogP) is 4.63. The molecule has 0 aliphatic rings. The van der Waals surface area contributed by atoms with E-state index in [1.165, 1.54) is 0 Å². The highest BCUT2D eigenvalue weighted by molar-refractivity contribution is 5.80. The third-order valence-electron chi connectivity index (χ3n) is 6.43. The van der Waals surface area contributed by atoms with Gasteiger partial charge in [-0.1, -0.05) is 67.0 Å². The Labute approximate surface area is 225 Å². The van der Waals surface area contributed by atoms with E-state index in [0.717, 1.165) is 47.3 Å².